The Morgan fingerprint density at radius 3 is 2.73 bits per heavy atom. The van der Waals surface area contributed by atoms with Gasteiger partial charge < -0.3 is 9.73 Å². The molecule has 3 rings (SSSR count). The SMILES string of the molecule is Cc1cccc(C(=O)NC(C)c2cc3ccccc3o2)c1I. The Labute approximate surface area is 142 Å². The Hall–Kier alpha value is -1.82. The zero-order valence-corrected chi connectivity index (χ0v) is 14.5. The Morgan fingerprint density at radius 1 is 1.18 bits per heavy atom. The van der Waals surface area contributed by atoms with E-state index in [-0.39, 0.29) is 11.9 Å². The summed E-state index contributed by atoms with van der Waals surface area (Å²) in [5, 5.41) is 4.05. The van der Waals surface area contributed by atoms with E-state index < -0.39 is 0 Å². The molecule has 0 radical (unpaired) electrons. The van der Waals surface area contributed by atoms with Crippen molar-refractivity contribution in [2.45, 2.75) is 19.9 Å². The van der Waals surface area contributed by atoms with Crippen LogP contribution in [0, 0.1) is 10.5 Å². The van der Waals surface area contributed by atoms with E-state index in [0.717, 1.165) is 25.9 Å². The molecule has 1 aromatic heterocycles. The van der Waals surface area contributed by atoms with Crippen molar-refractivity contribution < 1.29 is 9.21 Å². The zero-order valence-electron chi connectivity index (χ0n) is 12.4. The normalized spacial score (nSPS) is 12.3. The molecule has 3 nitrogen and oxygen atoms in total. The molecule has 1 unspecified atom stereocenters. The predicted octanol–water partition coefficient (Wildman–Crippen LogP) is 4.84. The lowest BCUT2D eigenvalue weighted by Crippen LogP contribution is -2.27. The molecular weight excluding hydrogens is 389 g/mol. The lowest BCUT2D eigenvalue weighted by molar-refractivity contribution is 0.0934. The van der Waals surface area contributed by atoms with Crippen LogP contribution in [0.5, 0.6) is 0 Å². The number of carbonyl (C=O) groups is 1. The molecule has 0 aliphatic carbocycles. The van der Waals surface area contributed by atoms with Gasteiger partial charge in [-0.15, -0.1) is 0 Å². The summed E-state index contributed by atoms with van der Waals surface area (Å²) in [6.45, 7) is 3.93. The van der Waals surface area contributed by atoms with Gasteiger partial charge in [-0.1, -0.05) is 30.3 Å². The van der Waals surface area contributed by atoms with Crippen LogP contribution >= 0.6 is 22.6 Å². The molecule has 2 aromatic carbocycles. The van der Waals surface area contributed by atoms with Gasteiger partial charge in [-0.05, 0) is 60.2 Å². The Bertz CT molecular complexity index is 805. The first-order valence-corrected chi connectivity index (χ1v) is 8.18. The first kappa shape index (κ1) is 15.1. The van der Waals surface area contributed by atoms with Gasteiger partial charge in [0.15, 0.2) is 0 Å². The van der Waals surface area contributed by atoms with E-state index >= 15 is 0 Å². The maximum Gasteiger partial charge on any atom is 0.252 e. The molecule has 0 bridgehead atoms. The number of rotatable bonds is 3. The third kappa shape index (κ3) is 2.88. The first-order valence-electron chi connectivity index (χ1n) is 7.10. The fourth-order valence-electron chi connectivity index (χ4n) is 2.38. The first-order chi connectivity index (χ1) is 10.6. The smallest absolute Gasteiger partial charge is 0.252 e. The number of benzene rings is 2. The number of aryl methyl sites for hydroxylation is 1. The fraction of sp³-hybridized carbons (Fsp3) is 0.167. The van der Waals surface area contributed by atoms with Crippen molar-refractivity contribution >= 4 is 39.5 Å². The molecule has 3 aromatic rings. The molecular formula is C18H16INO2. The maximum atomic E-state index is 12.5. The van der Waals surface area contributed by atoms with Crippen molar-refractivity contribution in [3.05, 3.63) is 69.0 Å². The molecule has 0 aliphatic heterocycles. The fourth-order valence-corrected chi connectivity index (χ4v) is 2.99. The van der Waals surface area contributed by atoms with Crippen LogP contribution in [-0.2, 0) is 0 Å². The molecule has 1 heterocycles. The average molecular weight is 405 g/mol. The van der Waals surface area contributed by atoms with Crippen LogP contribution in [-0.4, -0.2) is 5.91 Å². The summed E-state index contributed by atoms with van der Waals surface area (Å²) in [5.74, 6) is 0.679. The summed E-state index contributed by atoms with van der Waals surface area (Å²) in [7, 11) is 0. The minimum atomic E-state index is -0.184. The zero-order chi connectivity index (χ0) is 15.7. The van der Waals surface area contributed by atoms with E-state index in [1.807, 2.05) is 62.4 Å². The van der Waals surface area contributed by atoms with E-state index in [2.05, 4.69) is 27.9 Å². The monoisotopic (exact) mass is 405 g/mol. The molecule has 0 aliphatic rings. The summed E-state index contributed by atoms with van der Waals surface area (Å²) in [5.41, 5.74) is 2.64. The van der Waals surface area contributed by atoms with Crippen molar-refractivity contribution in [2.75, 3.05) is 0 Å². The number of carbonyl (C=O) groups excluding carboxylic acids is 1. The third-order valence-electron chi connectivity index (χ3n) is 3.66. The van der Waals surface area contributed by atoms with Gasteiger partial charge >= 0.3 is 0 Å². The van der Waals surface area contributed by atoms with Crippen LogP contribution in [0.2, 0.25) is 0 Å². The molecule has 0 saturated carbocycles. The number of hydrogen-bond acceptors (Lipinski definition) is 2. The Kier molecular flexibility index (Phi) is 4.20. The van der Waals surface area contributed by atoms with Crippen LogP contribution in [0.1, 0.15) is 34.6 Å². The number of fused-ring (bicyclic) bond motifs is 1. The molecule has 1 atom stereocenters. The topological polar surface area (TPSA) is 42.2 Å². The summed E-state index contributed by atoms with van der Waals surface area (Å²) in [4.78, 5) is 12.5. The summed E-state index contributed by atoms with van der Waals surface area (Å²) >= 11 is 2.21. The molecule has 1 amide bonds. The molecule has 0 saturated heterocycles. The highest BCUT2D eigenvalue weighted by Gasteiger charge is 2.17. The van der Waals surface area contributed by atoms with E-state index in [1.165, 1.54) is 0 Å². The van der Waals surface area contributed by atoms with Gasteiger partial charge in [-0.25, -0.2) is 0 Å². The van der Waals surface area contributed by atoms with Crippen LogP contribution in [0.4, 0.5) is 0 Å². The van der Waals surface area contributed by atoms with Gasteiger partial charge in [0.2, 0.25) is 0 Å². The number of hydrogen-bond donors (Lipinski definition) is 1. The maximum absolute atomic E-state index is 12.5. The molecule has 0 fully saturated rings. The van der Waals surface area contributed by atoms with Crippen LogP contribution in [0.3, 0.4) is 0 Å². The Morgan fingerprint density at radius 2 is 1.95 bits per heavy atom. The number of nitrogens with one attached hydrogen (secondary N) is 1. The second-order valence-corrected chi connectivity index (χ2v) is 6.40. The largest absolute Gasteiger partial charge is 0.459 e. The average Bonchev–Trinajstić information content (AvgIpc) is 2.94. The predicted molar refractivity (Wildman–Crippen MR) is 96.0 cm³/mol. The minimum Gasteiger partial charge on any atom is -0.459 e. The van der Waals surface area contributed by atoms with Gasteiger partial charge in [0.1, 0.15) is 11.3 Å². The van der Waals surface area contributed by atoms with Gasteiger partial charge in [-0.3, -0.25) is 4.79 Å². The van der Waals surface area contributed by atoms with Crippen molar-refractivity contribution in [1.29, 1.82) is 0 Å². The van der Waals surface area contributed by atoms with Crippen molar-refractivity contribution in [2.24, 2.45) is 0 Å². The van der Waals surface area contributed by atoms with Crippen LogP contribution in [0.25, 0.3) is 11.0 Å². The van der Waals surface area contributed by atoms with Gasteiger partial charge in [-0.2, -0.15) is 0 Å². The van der Waals surface area contributed by atoms with Crippen molar-refractivity contribution in [3.8, 4) is 0 Å². The standard InChI is InChI=1S/C18H16INO2/c1-11-6-5-8-14(17(11)19)18(21)20-12(2)16-10-13-7-3-4-9-15(13)22-16/h3-10,12H,1-2H3,(H,20,21). The lowest BCUT2D eigenvalue weighted by Gasteiger charge is -2.13. The summed E-state index contributed by atoms with van der Waals surface area (Å²) in [6.07, 6.45) is 0. The number of halogens is 1. The Balaban J connectivity index is 1.82. The van der Waals surface area contributed by atoms with E-state index in [1.54, 1.807) is 0 Å². The third-order valence-corrected chi connectivity index (χ3v) is 5.09. The lowest BCUT2D eigenvalue weighted by atomic mass is 10.1. The highest BCUT2D eigenvalue weighted by molar-refractivity contribution is 14.1. The van der Waals surface area contributed by atoms with Gasteiger partial charge in [0.25, 0.3) is 5.91 Å². The second kappa shape index (κ2) is 6.12. The summed E-state index contributed by atoms with van der Waals surface area (Å²) in [6, 6.07) is 15.4. The minimum absolute atomic E-state index is 0.0824. The molecule has 0 spiro atoms. The molecule has 22 heavy (non-hydrogen) atoms. The molecule has 1 N–H and O–H groups in total. The van der Waals surface area contributed by atoms with Gasteiger partial charge in [0, 0.05) is 8.96 Å². The number of furan rings is 1. The van der Waals surface area contributed by atoms with Crippen LogP contribution < -0.4 is 5.32 Å². The van der Waals surface area contributed by atoms with Crippen molar-refractivity contribution in [1.82, 2.24) is 5.32 Å². The number of para-hydroxylation sites is 1. The van der Waals surface area contributed by atoms with E-state index in [0.29, 0.717) is 5.56 Å². The second-order valence-electron chi connectivity index (χ2n) is 5.32. The summed E-state index contributed by atoms with van der Waals surface area (Å²) < 4.78 is 6.78. The van der Waals surface area contributed by atoms with Crippen molar-refractivity contribution in [3.63, 3.8) is 0 Å². The highest BCUT2D eigenvalue weighted by Crippen LogP contribution is 2.24. The number of amides is 1. The van der Waals surface area contributed by atoms with Crippen LogP contribution in [0.15, 0.2) is 52.9 Å². The van der Waals surface area contributed by atoms with Gasteiger partial charge in [0.05, 0.1) is 11.6 Å². The van der Waals surface area contributed by atoms with E-state index in [4.69, 9.17) is 4.42 Å². The molecule has 112 valence electrons. The highest BCUT2D eigenvalue weighted by atomic mass is 127. The van der Waals surface area contributed by atoms with E-state index in [9.17, 15) is 4.79 Å². The quantitative estimate of drug-likeness (QED) is 0.634. The molecule has 4 heteroatoms.